The van der Waals surface area contributed by atoms with E-state index in [1.165, 1.54) is 0 Å². The molecule has 6 nitrogen and oxygen atoms in total. The molecular weight excluding hydrogens is 262 g/mol. The summed E-state index contributed by atoms with van der Waals surface area (Å²) in [6.07, 6.45) is 0.0587. The van der Waals surface area contributed by atoms with Gasteiger partial charge in [0, 0.05) is 19.6 Å². The summed E-state index contributed by atoms with van der Waals surface area (Å²) in [6, 6.07) is 9.39. The van der Waals surface area contributed by atoms with Crippen LogP contribution in [0.5, 0.6) is 0 Å². The van der Waals surface area contributed by atoms with Gasteiger partial charge in [0.15, 0.2) is 0 Å². The van der Waals surface area contributed by atoms with E-state index in [4.69, 9.17) is 14.6 Å². The number of carbonyl (C=O) groups is 2. The number of nitrogens with one attached hydrogen (secondary N) is 1. The molecule has 1 aromatic carbocycles. The van der Waals surface area contributed by atoms with Gasteiger partial charge < -0.3 is 19.9 Å². The largest absolute Gasteiger partial charge is 0.481 e. The van der Waals surface area contributed by atoms with Gasteiger partial charge in [-0.25, -0.2) is 4.79 Å². The molecule has 0 bridgehead atoms. The average molecular weight is 281 g/mol. The fourth-order valence-electron chi connectivity index (χ4n) is 1.43. The minimum atomic E-state index is -0.837. The average Bonchev–Trinajstić information content (AvgIpc) is 2.45. The molecule has 6 heteroatoms. The maximum atomic E-state index is 11.3. The summed E-state index contributed by atoms with van der Waals surface area (Å²) in [4.78, 5) is 21.6. The molecule has 0 aliphatic heterocycles. The Labute approximate surface area is 117 Å². The van der Waals surface area contributed by atoms with Gasteiger partial charge in [0.1, 0.15) is 6.61 Å². The molecule has 0 fully saturated rings. The lowest BCUT2D eigenvalue weighted by Crippen LogP contribution is -2.28. The van der Waals surface area contributed by atoms with E-state index in [1.807, 2.05) is 30.3 Å². The number of ether oxygens (including phenoxy) is 2. The van der Waals surface area contributed by atoms with E-state index < -0.39 is 12.1 Å². The van der Waals surface area contributed by atoms with E-state index in [1.54, 1.807) is 0 Å². The minimum Gasteiger partial charge on any atom is -0.481 e. The third-order valence-corrected chi connectivity index (χ3v) is 2.41. The van der Waals surface area contributed by atoms with Crippen LogP contribution in [0.25, 0.3) is 0 Å². The maximum Gasteiger partial charge on any atom is 0.407 e. The van der Waals surface area contributed by atoms with E-state index in [9.17, 15) is 9.59 Å². The van der Waals surface area contributed by atoms with Crippen LogP contribution >= 0.6 is 0 Å². The lowest BCUT2D eigenvalue weighted by Gasteiger charge is -2.07. The Bertz CT molecular complexity index is 407. The van der Waals surface area contributed by atoms with Crippen LogP contribution in [0.3, 0.4) is 0 Å². The van der Waals surface area contributed by atoms with Crippen molar-refractivity contribution >= 4 is 12.1 Å². The first kappa shape index (κ1) is 16.0. The molecule has 0 spiro atoms. The summed E-state index contributed by atoms with van der Waals surface area (Å²) in [5, 5.41) is 11.0. The Balaban J connectivity index is 1.96. The first-order chi connectivity index (χ1) is 9.68. The number of carboxylic acid groups (broad SMARTS) is 1. The Hall–Kier alpha value is -2.08. The summed E-state index contributed by atoms with van der Waals surface area (Å²) in [7, 11) is 0. The van der Waals surface area contributed by atoms with E-state index >= 15 is 0 Å². The molecule has 0 radical (unpaired) electrons. The number of carboxylic acids is 1. The van der Waals surface area contributed by atoms with Gasteiger partial charge in [-0.2, -0.15) is 0 Å². The van der Waals surface area contributed by atoms with Crippen molar-refractivity contribution in [1.29, 1.82) is 0 Å². The first-order valence-electron chi connectivity index (χ1n) is 6.42. The van der Waals surface area contributed by atoms with E-state index in [0.717, 1.165) is 5.56 Å². The number of benzene rings is 1. The number of rotatable bonds is 9. The van der Waals surface area contributed by atoms with Crippen molar-refractivity contribution in [1.82, 2.24) is 5.32 Å². The van der Waals surface area contributed by atoms with Crippen molar-refractivity contribution in [3.63, 3.8) is 0 Å². The molecule has 2 N–H and O–H groups in total. The normalized spacial score (nSPS) is 10.0. The summed E-state index contributed by atoms with van der Waals surface area (Å²) >= 11 is 0. The molecule has 20 heavy (non-hydrogen) atoms. The van der Waals surface area contributed by atoms with Gasteiger partial charge >= 0.3 is 12.1 Å². The smallest absolute Gasteiger partial charge is 0.407 e. The second-order valence-electron chi connectivity index (χ2n) is 4.10. The van der Waals surface area contributed by atoms with Crippen LogP contribution in [0.4, 0.5) is 4.79 Å². The lowest BCUT2D eigenvalue weighted by atomic mass is 10.2. The highest BCUT2D eigenvalue weighted by atomic mass is 16.5. The van der Waals surface area contributed by atoms with Crippen molar-refractivity contribution in [2.24, 2.45) is 0 Å². The number of amides is 1. The van der Waals surface area contributed by atoms with E-state index in [2.05, 4.69) is 5.32 Å². The predicted octanol–water partition coefficient (Wildman–Crippen LogP) is 1.79. The molecule has 0 unspecified atom stereocenters. The van der Waals surface area contributed by atoms with Gasteiger partial charge in [0.25, 0.3) is 0 Å². The van der Waals surface area contributed by atoms with Crippen LogP contribution < -0.4 is 5.32 Å². The van der Waals surface area contributed by atoms with Gasteiger partial charge in [0.05, 0.1) is 6.61 Å². The standard InChI is InChI=1S/C14H19NO5/c16-13(17)7-4-9-19-10-8-15-14(18)20-11-12-5-2-1-3-6-12/h1-3,5-6H,4,7-11H2,(H,15,18)(H,16,17). The number of hydrogen-bond acceptors (Lipinski definition) is 4. The first-order valence-corrected chi connectivity index (χ1v) is 6.42. The summed E-state index contributed by atoms with van der Waals surface area (Å²) < 4.78 is 10.2. The monoisotopic (exact) mass is 281 g/mol. The molecule has 0 saturated heterocycles. The number of hydrogen-bond donors (Lipinski definition) is 2. The molecular formula is C14H19NO5. The van der Waals surface area contributed by atoms with Gasteiger partial charge in [-0.05, 0) is 12.0 Å². The van der Waals surface area contributed by atoms with Crippen molar-refractivity contribution in [2.75, 3.05) is 19.8 Å². The molecule has 1 amide bonds. The SMILES string of the molecule is O=C(O)CCCOCCNC(=O)OCc1ccccc1. The summed E-state index contributed by atoms with van der Waals surface area (Å²) in [6.45, 7) is 1.26. The topological polar surface area (TPSA) is 84.9 Å². The van der Waals surface area contributed by atoms with Gasteiger partial charge in [-0.3, -0.25) is 4.79 Å². The molecule has 1 aromatic rings. The molecule has 1 rings (SSSR count). The second kappa shape index (κ2) is 9.80. The van der Waals surface area contributed by atoms with Gasteiger partial charge in [0.2, 0.25) is 0 Å². The zero-order valence-electron chi connectivity index (χ0n) is 11.2. The highest BCUT2D eigenvalue weighted by molar-refractivity contribution is 5.67. The van der Waals surface area contributed by atoms with Crippen LogP contribution in [-0.4, -0.2) is 36.9 Å². The molecule has 0 aromatic heterocycles. The highest BCUT2D eigenvalue weighted by Crippen LogP contribution is 2.00. The van der Waals surface area contributed by atoms with Gasteiger partial charge in [-0.15, -0.1) is 0 Å². The minimum absolute atomic E-state index is 0.0898. The van der Waals surface area contributed by atoms with E-state index in [0.29, 0.717) is 26.2 Å². The third-order valence-electron chi connectivity index (χ3n) is 2.41. The zero-order chi connectivity index (χ0) is 14.6. The molecule has 0 atom stereocenters. The van der Waals surface area contributed by atoms with Crippen LogP contribution in [0, 0.1) is 0 Å². The number of alkyl carbamates (subject to hydrolysis) is 1. The quantitative estimate of drug-likeness (QED) is 0.674. The molecule has 0 aliphatic carbocycles. The predicted molar refractivity (Wildman–Crippen MR) is 72.3 cm³/mol. The maximum absolute atomic E-state index is 11.3. The van der Waals surface area contributed by atoms with Crippen molar-refractivity contribution < 1.29 is 24.2 Å². The summed E-state index contributed by atoms with van der Waals surface area (Å²) in [5.41, 5.74) is 0.924. The fraction of sp³-hybridized carbons (Fsp3) is 0.429. The lowest BCUT2D eigenvalue weighted by molar-refractivity contribution is -0.137. The van der Waals surface area contributed by atoms with Crippen LogP contribution in [0.15, 0.2) is 30.3 Å². The number of aliphatic carboxylic acids is 1. The molecule has 0 aliphatic rings. The Morgan fingerprint density at radius 1 is 1.15 bits per heavy atom. The number of carbonyl (C=O) groups excluding carboxylic acids is 1. The van der Waals surface area contributed by atoms with Crippen molar-refractivity contribution in [3.8, 4) is 0 Å². The Morgan fingerprint density at radius 2 is 1.90 bits per heavy atom. The van der Waals surface area contributed by atoms with E-state index in [-0.39, 0.29) is 13.0 Å². The van der Waals surface area contributed by atoms with Crippen LogP contribution in [-0.2, 0) is 20.9 Å². The third kappa shape index (κ3) is 8.10. The Morgan fingerprint density at radius 3 is 2.60 bits per heavy atom. The fourth-order valence-corrected chi connectivity index (χ4v) is 1.43. The Kier molecular flexibility index (Phi) is 7.83. The zero-order valence-corrected chi connectivity index (χ0v) is 11.2. The molecule has 0 heterocycles. The highest BCUT2D eigenvalue weighted by Gasteiger charge is 2.01. The van der Waals surface area contributed by atoms with Crippen molar-refractivity contribution in [3.05, 3.63) is 35.9 Å². The molecule has 110 valence electrons. The van der Waals surface area contributed by atoms with Crippen LogP contribution in [0.1, 0.15) is 18.4 Å². The van der Waals surface area contributed by atoms with Crippen LogP contribution in [0.2, 0.25) is 0 Å². The summed E-state index contributed by atoms with van der Waals surface area (Å²) in [5.74, 6) is -0.837. The van der Waals surface area contributed by atoms with Gasteiger partial charge in [-0.1, -0.05) is 30.3 Å². The van der Waals surface area contributed by atoms with Crippen molar-refractivity contribution in [2.45, 2.75) is 19.4 Å². The molecule has 0 saturated carbocycles. The second-order valence-corrected chi connectivity index (χ2v) is 4.10.